The van der Waals surface area contributed by atoms with Crippen LogP contribution in [0.5, 0.6) is 5.75 Å². The van der Waals surface area contributed by atoms with Crippen molar-refractivity contribution in [1.29, 1.82) is 0 Å². The molecule has 15 heteroatoms. The van der Waals surface area contributed by atoms with Crippen molar-refractivity contribution < 1.29 is 47.7 Å². The summed E-state index contributed by atoms with van der Waals surface area (Å²) in [4.78, 5) is 73.4. The number of esters is 1. The number of unbranched alkanes of at least 4 members (excludes halogenated alkanes) is 5. The van der Waals surface area contributed by atoms with E-state index >= 15 is 0 Å². The van der Waals surface area contributed by atoms with Crippen LogP contribution in [0.2, 0.25) is 0 Å². The van der Waals surface area contributed by atoms with E-state index < -0.39 is 53.7 Å². The van der Waals surface area contributed by atoms with Crippen molar-refractivity contribution in [1.82, 2.24) is 25.3 Å². The van der Waals surface area contributed by atoms with Crippen LogP contribution in [0.3, 0.4) is 0 Å². The molecule has 4 amide bonds. The molecule has 0 bridgehead atoms. The summed E-state index contributed by atoms with van der Waals surface area (Å²) in [5.74, 6) is -0.729. The maximum absolute atomic E-state index is 14.5. The summed E-state index contributed by atoms with van der Waals surface area (Å²) in [5.41, 5.74) is 0.831. The van der Waals surface area contributed by atoms with Crippen LogP contribution in [-0.2, 0) is 46.4 Å². The number of carbonyl (C=O) groups is 5. The van der Waals surface area contributed by atoms with Crippen molar-refractivity contribution in [2.75, 3.05) is 52.6 Å². The van der Waals surface area contributed by atoms with Crippen LogP contribution >= 0.6 is 0 Å². The van der Waals surface area contributed by atoms with E-state index in [4.69, 9.17) is 23.7 Å². The molecule has 2 saturated carbocycles. The van der Waals surface area contributed by atoms with E-state index in [1.807, 2.05) is 18.2 Å². The zero-order valence-corrected chi connectivity index (χ0v) is 33.9. The maximum atomic E-state index is 14.5. The number of hydrogen-bond donors (Lipinski definition) is 2. The number of rotatable bonds is 19. The summed E-state index contributed by atoms with van der Waals surface area (Å²) in [5, 5.41) is 5.70. The van der Waals surface area contributed by atoms with E-state index in [-0.39, 0.29) is 25.7 Å². The lowest BCUT2D eigenvalue weighted by atomic mass is 10.0. The Morgan fingerprint density at radius 3 is 2.39 bits per heavy atom. The molecule has 1 aromatic carbocycles. The number of fused-ring (bicyclic) bond motifs is 1. The SMILES string of the molecule is CCCCCCCC[C@H](NC(=O)OC1CCCC1)C(=O)N1C[C@H](OC(=O)N2Cc3ccc(OCCN4CCOCC4)cc3C2)C[C@H]1C(=O)NC1(C(=O)OCC)CC1. The number of amides is 4. The minimum absolute atomic E-state index is 0.0384. The average Bonchev–Trinajstić information content (AvgIpc) is 3.51. The smallest absolute Gasteiger partial charge is 0.410 e. The largest absolute Gasteiger partial charge is 0.492 e. The number of likely N-dealkylation sites (tertiary alicyclic amines) is 1. The molecule has 3 atom stereocenters. The molecule has 15 nitrogen and oxygen atoms in total. The third-order valence-electron chi connectivity index (χ3n) is 11.8. The highest BCUT2D eigenvalue weighted by Gasteiger charge is 2.55. The molecule has 4 fully saturated rings. The van der Waals surface area contributed by atoms with Crippen molar-refractivity contribution in [2.45, 2.75) is 147 Å². The number of hydrogen-bond acceptors (Lipinski definition) is 11. The molecule has 57 heavy (non-hydrogen) atoms. The van der Waals surface area contributed by atoms with Crippen LogP contribution in [-0.4, -0.2) is 127 Å². The van der Waals surface area contributed by atoms with Gasteiger partial charge in [-0.3, -0.25) is 19.4 Å². The summed E-state index contributed by atoms with van der Waals surface area (Å²) in [6.45, 7) is 9.31. The van der Waals surface area contributed by atoms with E-state index in [0.29, 0.717) is 45.4 Å². The fourth-order valence-electron chi connectivity index (χ4n) is 8.31. The Balaban J connectivity index is 1.10. The summed E-state index contributed by atoms with van der Waals surface area (Å²) < 4.78 is 28.4. The number of ether oxygens (including phenoxy) is 5. The number of nitrogens with one attached hydrogen (secondary N) is 2. The lowest BCUT2D eigenvalue weighted by Crippen LogP contribution is -2.56. The Kier molecular flexibility index (Phi) is 15.3. The van der Waals surface area contributed by atoms with Gasteiger partial charge in [0.2, 0.25) is 11.8 Å². The van der Waals surface area contributed by atoms with Crippen LogP contribution in [0.15, 0.2) is 18.2 Å². The second-order valence-electron chi connectivity index (χ2n) is 16.2. The number of benzene rings is 1. The van der Waals surface area contributed by atoms with Gasteiger partial charge in [-0.15, -0.1) is 0 Å². The second-order valence-corrected chi connectivity index (χ2v) is 16.2. The third-order valence-corrected chi connectivity index (χ3v) is 11.8. The van der Waals surface area contributed by atoms with E-state index in [2.05, 4.69) is 22.5 Å². The first-order chi connectivity index (χ1) is 27.7. The molecule has 2 aliphatic carbocycles. The van der Waals surface area contributed by atoms with Crippen LogP contribution in [0, 0.1) is 0 Å². The lowest BCUT2D eigenvalue weighted by molar-refractivity contribution is -0.149. The average molecular weight is 798 g/mol. The van der Waals surface area contributed by atoms with Crippen LogP contribution < -0.4 is 15.4 Å². The molecule has 0 unspecified atom stereocenters. The van der Waals surface area contributed by atoms with Crippen molar-refractivity contribution in [3.05, 3.63) is 29.3 Å². The highest BCUT2D eigenvalue weighted by Crippen LogP contribution is 2.38. The van der Waals surface area contributed by atoms with E-state index in [9.17, 15) is 24.0 Å². The maximum Gasteiger partial charge on any atom is 0.410 e. The van der Waals surface area contributed by atoms with Crippen molar-refractivity contribution in [2.24, 2.45) is 0 Å². The third kappa shape index (κ3) is 11.7. The first kappa shape index (κ1) is 42.5. The van der Waals surface area contributed by atoms with Gasteiger partial charge in [-0.25, -0.2) is 14.4 Å². The van der Waals surface area contributed by atoms with Gasteiger partial charge in [-0.05, 0) is 75.1 Å². The van der Waals surface area contributed by atoms with E-state index in [1.54, 1.807) is 11.8 Å². The number of alkyl carbamates (subject to hydrolysis) is 1. The fourth-order valence-corrected chi connectivity index (χ4v) is 8.31. The number of carbonyl (C=O) groups excluding carboxylic acids is 5. The Hall–Kier alpha value is -4.11. The first-order valence-corrected chi connectivity index (χ1v) is 21.4. The zero-order valence-electron chi connectivity index (χ0n) is 33.9. The lowest BCUT2D eigenvalue weighted by Gasteiger charge is -2.29. The number of morpholine rings is 1. The minimum Gasteiger partial charge on any atom is -0.492 e. The molecule has 3 aliphatic heterocycles. The van der Waals surface area contributed by atoms with Gasteiger partial charge in [-0.2, -0.15) is 0 Å². The normalized spacial score (nSPS) is 22.1. The topological polar surface area (TPSA) is 165 Å². The standard InChI is InChI=1S/C42H63N5O10/c1-3-5-6-7-8-9-14-35(43-40(51)56-32-12-10-11-13-32)38(49)47-29-34(26-36(47)37(48)44-42(17-18-42)39(50)54-4-2)57-41(52)46-27-30-15-16-33(25-31(30)28-46)55-24-21-45-19-22-53-23-20-45/h15-16,25,32,34-36H,3-14,17-24,26-29H2,1-2H3,(H,43,51)(H,44,48)/t34-,35+,36+/m1/s1. The van der Waals surface area contributed by atoms with Gasteiger partial charge in [0.25, 0.3) is 0 Å². The predicted octanol–water partition coefficient (Wildman–Crippen LogP) is 4.82. The predicted molar refractivity (Wildman–Crippen MR) is 209 cm³/mol. The Morgan fingerprint density at radius 1 is 0.912 bits per heavy atom. The molecule has 1 aromatic rings. The molecule has 3 heterocycles. The molecular weight excluding hydrogens is 734 g/mol. The van der Waals surface area contributed by atoms with Crippen LogP contribution in [0.1, 0.15) is 115 Å². The minimum atomic E-state index is -1.13. The molecule has 5 aliphatic rings. The van der Waals surface area contributed by atoms with Crippen molar-refractivity contribution in [3.8, 4) is 5.75 Å². The fraction of sp³-hybridized carbons (Fsp3) is 0.738. The van der Waals surface area contributed by atoms with Gasteiger partial charge >= 0.3 is 18.2 Å². The van der Waals surface area contributed by atoms with Gasteiger partial charge < -0.3 is 39.2 Å². The monoisotopic (exact) mass is 797 g/mol. The zero-order chi connectivity index (χ0) is 40.2. The molecule has 6 rings (SSSR count). The molecule has 2 saturated heterocycles. The van der Waals surface area contributed by atoms with E-state index in [1.165, 1.54) is 4.90 Å². The second kappa shape index (κ2) is 20.5. The van der Waals surface area contributed by atoms with Gasteiger partial charge in [0.15, 0.2) is 0 Å². The van der Waals surface area contributed by atoms with Crippen molar-refractivity contribution in [3.63, 3.8) is 0 Å². The van der Waals surface area contributed by atoms with Gasteiger partial charge in [0.1, 0.15) is 42.2 Å². The van der Waals surface area contributed by atoms with E-state index in [0.717, 1.165) is 108 Å². The van der Waals surface area contributed by atoms with Crippen LogP contribution in [0.25, 0.3) is 0 Å². The molecular formula is C42H63N5O10. The van der Waals surface area contributed by atoms with Crippen LogP contribution in [0.4, 0.5) is 9.59 Å². The summed E-state index contributed by atoms with van der Waals surface area (Å²) >= 11 is 0. The summed E-state index contributed by atoms with van der Waals surface area (Å²) in [7, 11) is 0. The molecule has 0 spiro atoms. The Morgan fingerprint density at radius 2 is 1.65 bits per heavy atom. The highest BCUT2D eigenvalue weighted by atomic mass is 16.6. The highest BCUT2D eigenvalue weighted by molar-refractivity contribution is 5.96. The molecule has 316 valence electrons. The molecule has 0 radical (unpaired) electrons. The van der Waals surface area contributed by atoms with Gasteiger partial charge in [0.05, 0.1) is 26.4 Å². The van der Waals surface area contributed by atoms with Crippen molar-refractivity contribution >= 4 is 30.0 Å². The number of nitrogens with zero attached hydrogens (tertiary/aromatic N) is 3. The first-order valence-electron chi connectivity index (χ1n) is 21.4. The van der Waals surface area contributed by atoms with Gasteiger partial charge in [0, 0.05) is 39.1 Å². The Bertz CT molecular complexity index is 1540. The Labute approximate surface area is 336 Å². The summed E-state index contributed by atoms with van der Waals surface area (Å²) in [6, 6.07) is 3.88. The van der Waals surface area contributed by atoms with Gasteiger partial charge in [-0.1, -0.05) is 51.5 Å². The molecule has 0 aromatic heterocycles. The molecule has 2 N–H and O–H groups in total. The summed E-state index contributed by atoms with van der Waals surface area (Å²) in [6.07, 6.45) is 8.65. The quantitative estimate of drug-likeness (QED) is 0.112.